The Balaban J connectivity index is 1.77. The molecule has 0 bridgehead atoms. The number of hydrogen-bond donors (Lipinski definition) is 2. The second kappa shape index (κ2) is 5.63. The molecular weight excluding hydrogens is 238 g/mol. The van der Waals surface area contributed by atoms with Gasteiger partial charge in [0, 0.05) is 12.2 Å². The van der Waals surface area contributed by atoms with Crippen LogP contribution in [0, 0.1) is 6.92 Å². The van der Waals surface area contributed by atoms with Crippen molar-refractivity contribution in [3.8, 4) is 0 Å². The maximum absolute atomic E-state index is 5.93. The van der Waals surface area contributed by atoms with Crippen molar-refractivity contribution in [3.63, 3.8) is 0 Å². The number of aryl methyl sites for hydroxylation is 2. The predicted octanol–water partition coefficient (Wildman–Crippen LogP) is 2.21. The number of H-pyrrole nitrogens is 1. The molecule has 2 aromatic heterocycles. The summed E-state index contributed by atoms with van der Waals surface area (Å²) in [7, 11) is 0. The summed E-state index contributed by atoms with van der Waals surface area (Å²) in [5, 5.41) is 10.6. The first-order valence-electron chi connectivity index (χ1n) is 5.45. The average molecular weight is 252 g/mol. The quantitative estimate of drug-likeness (QED) is 0.800. The molecule has 0 aliphatic heterocycles. The number of rotatable bonds is 5. The first-order valence-corrected chi connectivity index (χ1v) is 5.83. The standard InChI is InChI=1S/C11H14ClN5/c1-8-9(5-16-17-8)3-2-4-14-11-10(12)6-13-7-15-11/h5-7H,2-4H2,1H3,(H,16,17)(H,13,14,15). The molecule has 0 amide bonds. The fourth-order valence-electron chi connectivity index (χ4n) is 1.56. The molecule has 0 aliphatic rings. The number of aromatic nitrogens is 4. The highest BCUT2D eigenvalue weighted by Gasteiger charge is 2.02. The van der Waals surface area contributed by atoms with Gasteiger partial charge in [0.1, 0.15) is 17.2 Å². The van der Waals surface area contributed by atoms with E-state index in [0.29, 0.717) is 10.8 Å². The van der Waals surface area contributed by atoms with Gasteiger partial charge in [-0.25, -0.2) is 9.97 Å². The summed E-state index contributed by atoms with van der Waals surface area (Å²) in [6.45, 7) is 2.85. The van der Waals surface area contributed by atoms with Gasteiger partial charge in [-0.2, -0.15) is 5.10 Å². The summed E-state index contributed by atoms with van der Waals surface area (Å²) in [4.78, 5) is 7.89. The maximum Gasteiger partial charge on any atom is 0.148 e. The Kier molecular flexibility index (Phi) is 3.93. The average Bonchev–Trinajstić information content (AvgIpc) is 2.73. The van der Waals surface area contributed by atoms with E-state index < -0.39 is 0 Å². The molecule has 2 aromatic rings. The van der Waals surface area contributed by atoms with Crippen molar-refractivity contribution in [2.45, 2.75) is 19.8 Å². The monoisotopic (exact) mass is 251 g/mol. The number of nitrogens with zero attached hydrogens (tertiary/aromatic N) is 3. The summed E-state index contributed by atoms with van der Waals surface area (Å²) in [6.07, 6.45) is 6.91. The van der Waals surface area contributed by atoms with E-state index in [-0.39, 0.29) is 0 Å². The first-order chi connectivity index (χ1) is 8.27. The number of halogens is 1. The largest absolute Gasteiger partial charge is 0.369 e. The van der Waals surface area contributed by atoms with E-state index in [9.17, 15) is 0 Å². The molecule has 0 radical (unpaired) electrons. The van der Waals surface area contributed by atoms with Crippen LogP contribution in [-0.4, -0.2) is 26.7 Å². The normalized spacial score (nSPS) is 10.5. The van der Waals surface area contributed by atoms with E-state index in [4.69, 9.17) is 11.6 Å². The van der Waals surface area contributed by atoms with Gasteiger partial charge in [-0.05, 0) is 25.3 Å². The molecule has 0 unspecified atom stereocenters. The van der Waals surface area contributed by atoms with Crippen LogP contribution in [0.3, 0.4) is 0 Å². The van der Waals surface area contributed by atoms with Crippen molar-refractivity contribution in [3.05, 3.63) is 35.0 Å². The van der Waals surface area contributed by atoms with Crippen LogP contribution < -0.4 is 5.32 Å². The van der Waals surface area contributed by atoms with Crippen molar-refractivity contribution in [1.82, 2.24) is 20.2 Å². The van der Waals surface area contributed by atoms with Gasteiger partial charge < -0.3 is 5.32 Å². The fourth-order valence-corrected chi connectivity index (χ4v) is 1.73. The molecule has 2 heterocycles. The maximum atomic E-state index is 5.93. The van der Waals surface area contributed by atoms with E-state index in [2.05, 4.69) is 25.5 Å². The smallest absolute Gasteiger partial charge is 0.148 e. The third kappa shape index (κ3) is 3.17. The highest BCUT2D eigenvalue weighted by atomic mass is 35.5. The second-order valence-corrected chi connectivity index (χ2v) is 4.18. The Labute approximate surface area is 105 Å². The molecule has 5 nitrogen and oxygen atoms in total. The van der Waals surface area contributed by atoms with Gasteiger partial charge in [-0.3, -0.25) is 5.10 Å². The lowest BCUT2D eigenvalue weighted by molar-refractivity contribution is 0.852. The highest BCUT2D eigenvalue weighted by Crippen LogP contribution is 2.16. The van der Waals surface area contributed by atoms with Crippen LogP contribution in [0.25, 0.3) is 0 Å². The van der Waals surface area contributed by atoms with E-state index in [1.807, 2.05) is 13.1 Å². The second-order valence-electron chi connectivity index (χ2n) is 3.77. The molecule has 0 aromatic carbocycles. The van der Waals surface area contributed by atoms with E-state index in [0.717, 1.165) is 25.1 Å². The van der Waals surface area contributed by atoms with Crippen molar-refractivity contribution >= 4 is 17.4 Å². The zero-order valence-electron chi connectivity index (χ0n) is 9.57. The van der Waals surface area contributed by atoms with Crippen molar-refractivity contribution in [1.29, 1.82) is 0 Å². The van der Waals surface area contributed by atoms with Crippen LogP contribution in [0.5, 0.6) is 0 Å². The predicted molar refractivity (Wildman–Crippen MR) is 67.2 cm³/mol. The molecule has 0 saturated carbocycles. The van der Waals surface area contributed by atoms with Crippen LogP contribution in [0.15, 0.2) is 18.7 Å². The van der Waals surface area contributed by atoms with Gasteiger partial charge >= 0.3 is 0 Å². The summed E-state index contributed by atoms with van der Waals surface area (Å²) in [5.41, 5.74) is 2.38. The molecule has 0 saturated heterocycles. The third-order valence-corrected chi connectivity index (χ3v) is 2.79. The Morgan fingerprint density at radius 2 is 2.29 bits per heavy atom. The molecule has 6 heteroatoms. The number of anilines is 1. The highest BCUT2D eigenvalue weighted by molar-refractivity contribution is 6.32. The minimum Gasteiger partial charge on any atom is -0.369 e. The molecule has 0 spiro atoms. The summed E-state index contributed by atoms with van der Waals surface area (Å²) < 4.78 is 0. The lowest BCUT2D eigenvalue weighted by atomic mass is 10.1. The van der Waals surface area contributed by atoms with Crippen molar-refractivity contribution < 1.29 is 0 Å². The van der Waals surface area contributed by atoms with Crippen LogP contribution in [0.4, 0.5) is 5.82 Å². The number of nitrogens with one attached hydrogen (secondary N) is 2. The minimum absolute atomic E-state index is 0.548. The van der Waals surface area contributed by atoms with E-state index in [1.54, 1.807) is 6.20 Å². The molecule has 17 heavy (non-hydrogen) atoms. The van der Waals surface area contributed by atoms with Crippen molar-refractivity contribution in [2.75, 3.05) is 11.9 Å². The molecule has 0 fully saturated rings. The fraction of sp³-hybridized carbons (Fsp3) is 0.364. The van der Waals surface area contributed by atoms with Gasteiger partial charge in [0.2, 0.25) is 0 Å². The summed E-state index contributed by atoms with van der Waals surface area (Å²) in [5.74, 6) is 0.686. The molecular formula is C11H14ClN5. The Hall–Kier alpha value is -1.62. The summed E-state index contributed by atoms with van der Waals surface area (Å²) in [6, 6.07) is 0. The van der Waals surface area contributed by atoms with Gasteiger partial charge in [0.05, 0.1) is 12.4 Å². The molecule has 0 aliphatic carbocycles. The first kappa shape index (κ1) is 11.9. The topological polar surface area (TPSA) is 66.5 Å². The number of hydrogen-bond acceptors (Lipinski definition) is 4. The zero-order valence-corrected chi connectivity index (χ0v) is 10.3. The van der Waals surface area contributed by atoms with Crippen LogP contribution in [0.2, 0.25) is 5.02 Å². The van der Waals surface area contributed by atoms with Gasteiger partial charge in [0.15, 0.2) is 0 Å². The molecule has 0 atom stereocenters. The Morgan fingerprint density at radius 3 is 3.00 bits per heavy atom. The number of aromatic amines is 1. The van der Waals surface area contributed by atoms with Crippen LogP contribution in [-0.2, 0) is 6.42 Å². The lowest BCUT2D eigenvalue weighted by Crippen LogP contribution is -2.05. The lowest BCUT2D eigenvalue weighted by Gasteiger charge is -2.05. The van der Waals surface area contributed by atoms with Gasteiger partial charge in [-0.15, -0.1) is 0 Å². The van der Waals surface area contributed by atoms with Crippen LogP contribution >= 0.6 is 11.6 Å². The van der Waals surface area contributed by atoms with E-state index >= 15 is 0 Å². The third-order valence-electron chi connectivity index (χ3n) is 2.52. The van der Waals surface area contributed by atoms with Crippen molar-refractivity contribution in [2.24, 2.45) is 0 Å². The van der Waals surface area contributed by atoms with Crippen LogP contribution in [0.1, 0.15) is 17.7 Å². The van der Waals surface area contributed by atoms with E-state index in [1.165, 1.54) is 11.9 Å². The molecule has 2 rings (SSSR count). The SMILES string of the molecule is Cc1[nH]ncc1CCCNc1ncncc1Cl. The van der Waals surface area contributed by atoms with Gasteiger partial charge in [-0.1, -0.05) is 11.6 Å². The zero-order chi connectivity index (χ0) is 12.1. The Bertz CT molecular complexity index is 482. The molecule has 2 N–H and O–H groups in total. The summed E-state index contributed by atoms with van der Waals surface area (Å²) >= 11 is 5.93. The minimum atomic E-state index is 0.548. The Morgan fingerprint density at radius 1 is 1.41 bits per heavy atom. The molecule has 90 valence electrons. The van der Waals surface area contributed by atoms with Gasteiger partial charge in [0.25, 0.3) is 0 Å².